The van der Waals surface area contributed by atoms with Crippen molar-refractivity contribution < 1.29 is 9.84 Å². The molecule has 0 amide bonds. The van der Waals surface area contributed by atoms with Crippen LogP contribution in [-0.2, 0) is 4.74 Å². The number of aliphatic hydroxyl groups excluding tert-OH is 1. The number of nitrogens with one attached hydrogen (secondary N) is 1. The van der Waals surface area contributed by atoms with Gasteiger partial charge in [-0.05, 0) is 31.6 Å². The summed E-state index contributed by atoms with van der Waals surface area (Å²) < 4.78 is 7.31. The molecule has 0 spiro atoms. The molecule has 1 saturated carbocycles. The van der Waals surface area contributed by atoms with Crippen LogP contribution in [0.15, 0.2) is 21.9 Å². The summed E-state index contributed by atoms with van der Waals surface area (Å²) in [7, 11) is 0. The van der Waals surface area contributed by atoms with Crippen LogP contribution in [0.25, 0.3) is 0 Å². The highest BCUT2D eigenvalue weighted by molar-refractivity contribution is 5.00. The van der Waals surface area contributed by atoms with Crippen LogP contribution in [0.5, 0.6) is 0 Å². The predicted molar refractivity (Wildman–Crippen MR) is 63.2 cm³/mol. The summed E-state index contributed by atoms with van der Waals surface area (Å²) in [6.07, 6.45) is 4.66. The van der Waals surface area contributed by atoms with Gasteiger partial charge in [-0.3, -0.25) is 14.3 Å². The summed E-state index contributed by atoms with van der Waals surface area (Å²) >= 11 is 0. The van der Waals surface area contributed by atoms with E-state index in [1.165, 1.54) is 16.8 Å². The molecule has 98 valence electrons. The number of ether oxygens (including phenoxy) is 1. The molecular weight excluding hydrogens is 236 g/mol. The standard InChI is InChI=1S/C12H16N2O4/c15-7-12(8-1-2-8)5-3-10(18-12)14-6-4-9(16)13-11(14)17/h4,6,8,10,15H,1-3,5,7H2,(H,13,16,17)/t10?,12-/m0/s1. The SMILES string of the molecule is O=c1ccn(C2CC[C@](CO)(C3CC3)O2)c(=O)[nH]1. The summed E-state index contributed by atoms with van der Waals surface area (Å²) in [4.78, 5) is 24.9. The number of hydrogen-bond donors (Lipinski definition) is 2. The molecule has 1 aromatic heterocycles. The van der Waals surface area contributed by atoms with Gasteiger partial charge in [0.05, 0.1) is 12.2 Å². The molecule has 6 heteroatoms. The van der Waals surface area contributed by atoms with E-state index < -0.39 is 16.9 Å². The lowest BCUT2D eigenvalue weighted by Gasteiger charge is -2.27. The van der Waals surface area contributed by atoms with Crippen molar-refractivity contribution in [3.63, 3.8) is 0 Å². The molecule has 2 aliphatic rings. The molecule has 0 aromatic carbocycles. The topological polar surface area (TPSA) is 84.3 Å². The molecule has 1 aliphatic heterocycles. The smallest absolute Gasteiger partial charge is 0.330 e. The Morgan fingerprint density at radius 2 is 2.22 bits per heavy atom. The lowest BCUT2D eigenvalue weighted by atomic mass is 9.95. The molecule has 3 rings (SSSR count). The molecule has 0 radical (unpaired) electrons. The summed E-state index contributed by atoms with van der Waals surface area (Å²) in [5.41, 5.74) is -1.36. The Hall–Kier alpha value is -1.40. The van der Waals surface area contributed by atoms with E-state index in [1.807, 2.05) is 0 Å². The fourth-order valence-electron chi connectivity index (χ4n) is 2.76. The minimum Gasteiger partial charge on any atom is -0.393 e. The number of H-pyrrole nitrogens is 1. The lowest BCUT2D eigenvalue weighted by Crippen LogP contribution is -2.37. The molecule has 2 fully saturated rings. The summed E-state index contributed by atoms with van der Waals surface area (Å²) in [6, 6.07) is 1.31. The van der Waals surface area contributed by atoms with Crippen LogP contribution in [0.1, 0.15) is 31.9 Å². The molecule has 0 bridgehead atoms. The van der Waals surface area contributed by atoms with E-state index >= 15 is 0 Å². The van der Waals surface area contributed by atoms with E-state index in [4.69, 9.17) is 4.74 Å². The van der Waals surface area contributed by atoms with E-state index in [9.17, 15) is 14.7 Å². The second-order valence-electron chi connectivity index (χ2n) is 5.13. The first-order valence-electron chi connectivity index (χ1n) is 6.25. The fourth-order valence-corrected chi connectivity index (χ4v) is 2.76. The maximum atomic E-state index is 11.7. The van der Waals surface area contributed by atoms with Crippen LogP contribution >= 0.6 is 0 Å². The van der Waals surface area contributed by atoms with E-state index in [0.717, 1.165) is 19.3 Å². The Bertz CT molecular complexity index is 560. The molecule has 2 heterocycles. The molecule has 2 N–H and O–H groups in total. The van der Waals surface area contributed by atoms with Crippen molar-refractivity contribution in [3.05, 3.63) is 33.1 Å². The minimum atomic E-state index is -0.486. The van der Waals surface area contributed by atoms with Gasteiger partial charge < -0.3 is 9.84 Å². The zero-order valence-electron chi connectivity index (χ0n) is 9.96. The van der Waals surface area contributed by atoms with Crippen molar-refractivity contribution in [1.29, 1.82) is 0 Å². The van der Waals surface area contributed by atoms with Gasteiger partial charge in [0.15, 0.2) is 0 Å². The Morgan fingerprint density at radius 3 is 2.83 bits per heavy atom. The summed E-state index contributed by atoms with van der Waals surface area (Å²) in [5.74, 6) is 0.408. The first-order chi connectivity index (χ1) is 8.64. The average molecular weight is 252 g/mol. The van der Waals surface area contributed by atoms with Crippen LogP contribution in [0.3, 0.4) is 0 Å². The second-order valence-corrected chi connectivity index (χ2v) is 5.13. The van der Waals surface area contributed by atoms with Gasteiger partial charge in [0.1, 0.15) is 6.23 Å². The van der Waals surface area contributed by atoms with Crippen molar-refractivity contribution in [2.75, 3.05) is 6.61 Å². The maximum absolute atomic E-state index is 11.7. The van der Waals surface area contributed by atoms with Crippen molar-refractivity contribution >= 4 is 0 Å². The molecule has 1 aliphatic carbocycles. The molecule has 2 atom stereocenters. The summed E-state index contributed by atoms with van der Waals surface area (Å²) in [5, 5.41) is 9.53. The number of aromatic nitrogens is 2. The first-order valence-corrected chi connectivity index (χ1v) is 6.25. The van der Waals surface area contributed by atoms with Crippen LogP contribution in [-0.4, -0.2) is 26.9 Å². The van der Waals surface area contributed by atoms with Crippen molar-refractivity contribution in [2.24, 2.45) is 5.92 Å². The van der Waals surface area contributed by atoms with E-state index in [1.54, 1.807) is 0 Å². The minimum absolute atomic E-state index is 0.00767. The molecular formula is C12H16N2O4. The third-order valence-electron chi connectivity index (χ3n) is 3.94. The third-order valence-corrected chi connectivity index (χ3v) is 3.94. The van der Waals surface area contributed by atoms with Crippen molar-refractivity contribution in [1.82, 2.24) is 9.55 Å². The monoisotopic (exact) mass is 252 g/mol. The van der Waals surface area contributed by atoms with Crippen LogP contribution in [0.2, 0.25) is 0 Å². The highest BCUT2D eigenvalue weighted by Gasteiger charge is 2.51. The average Bonchev–Trinajstić information content (AvgIpc) is 3.11. The second kappa shape index (κ2) is 4.07. The molecule has 18 heavy (non-hydrogen) atoms. The molecule has 1 unspecified atom stereocenters. The van der Waals surface area contributed by atoms with Crippen molar-refractivity contribution in [2.45, 2.75) is 37.5 Å². The van der Waals surface area contributed by atoms with Gasteiger partial charge in [-0.2, -0.15) is 0 Å². The van der Waals surface area contributed by atoms with Gasteiger partial charge in [0, 0.05) is 12.3 Å². The largest absolute Gasteiger partial charge is 0.393 e. The van der Waals surface area contributed by atoms with Crippen LogP contribution in [0.4, 0.5) is 0 Å². The van der Waals surface area contributed by atoms with Crippen LogP contribution < -0.4 is 11.2 Å². The van der Waals surface area contributed by atoms with Crippen molar-refractivity contribution in [3.8, 4) is 0 Å². The third kappa shape index (κ3) is 1.81. The summed E-state index contributed by atoms with van der Waals surface area (Å²) in [6.45, 7) is -0.00767. The predicted octanol–water partition coefficient (Wildman–Crippen LogP) is -0.0133. The normalized spacial score (nSPS) is 31.7. The van der Waals surface area contributed by atoms with Gasteiger partial charge >= 0.3 is 5.69 Å². The number of rotatable bonds is 3. The molecule has 6 nitrogen and oxygen atoms in total. The molecule has 1 saturated heterocycles. The van der Waals surface area contributed by atoms with Gasteiger partial charge in [0.25, 0.3) is 5.56 Å². The number of aliphatic hydroxyl groups is 1. The van der Waals surface area contributed by atoms with E-state index in [0.29, 0.717) is 12.3 Å². The quantitative estimate of drug-likeness (QED) is 0.792. The highest BCUT2D eigenvalue weighted by atomic mass is 16.5. The molecule has 1 aromatic rings. The Labute approximate surface area is 103 Å². The zero-order valence-corrected chi connectivity index (χ0v) is 9.96. The Morgan fingerprint density at radius 1 is 1.44 bits per heavy atom. The van der Waals surface area contributed by atoms with Gasteiger partial charge in [0.2, 0.25) is 0 Å². The van der Waals surface area contributed by atoms with Gasteiger partial charge in [-0.1, -0.05) is 0 Å². The highest BCUT2D eigenvalue weighted by Crippen LogP contribution is 2.50. The Kier molecular flexibility index (Phi) is 2.64. The number of hydrogen-bond acceptors (Lipinski definition) is 4. The van der Waals surface area contributed by atoms with E-state index in [2.05, 4.69) is 4.98 Å². The van der Waals surface area contributed by atoms with Crippen LogP contribution in [0, 0.1) is 5.92 Å². The van der Waals surface area contributed by atoms with Gasteiger partial charge in [-0.15, -0.1) is 0 Å². The Balaban J connectivity index is 1.87. The van der Waals surface area contributed by atoms with E-state index in [-0.39, 0.29) is 12.8 Å². The fraction of sp³-hybridized carbons (Fsp3) is 0.667. The number of nitrogens with zero attached hydrogens (tertiary/aromatic N) is 1. The first kappa shape index (κ1) is 11.7. The zero-order chi connectivity index (χ0) is 12.8. The lowest BCUT2D eigenvalue weighted by molar-refractivity contribution is -0.112. The maximum Gasteiger partial charge on any atom is 0.330 e. The number of aromatic amines is 1. The van der Waals surface area contributed by atoms with Gasteiger partial charge in [-0.25, -0.2) is 4.79 Å².